The maximum atomic E-state index is 3.50. The average Bonchev–Trinajstić information content (AvgIpc) is 3.05. The largest absolute Gasteiger partial charge is 0.316 e. The average molecular weight is 757 g/mol. The molecule has 4 aromatic rings. The lowest BCUT2D eigenvalue weighted by Gasteiger charge is -2.33. The summed E-state index contributed by atoms with van der Waals surface area (Å²) in [5.74, 6) is 1.44. The first-order valence-corrected chi connectivity index (χ1v) is 17.4. The van der Waals surface area contributed by atoms with Gasteiger partial charge in [-0.25, -0.2) is 0 Å². The van der Waals surface area contributed by atoms with E-state index in [-0.39, 0.29) is 7.43 Å². The molecule has 4 aromatic carbocycles. The molecule has 2 aliphatic rings. The van der Waals surface area contributed by atoms with Crippen molar-refractivity contribution >= 4 is 47.8 Å². The number of nitrogens with zero attached hydrogens (tertiary/aromatic N) is 1. The minimum atomic E-state index is 0. The summed E-state index contributed by atoms with van der Waals surface area (Å²) in [6.07, 6.45) is 5.29. The van der Waals surface area contributed by atoms with Crippen molar-refractivity contribution in [3.8, 4) is 0 Å². The van der Waals surface area contributed by atoms with Gasteiger partial charge >= 0.3 is 0 Å². The highest BCUT2D eigenvalue weighted by atomic mass is 79.9. The highest BCUT2D eigenvalue weighted by Gasteiger charge is 2.21. The van der Waals surface area contributed by atoms with E-state index in [0.29, 0.717) is 5.92 Å². The third-order valence-electron chi connectivity index (χ3n) is 7.73. The fourth-order valence-corrected chi connectivity index (χ4v) is 6.38. The molecule has 0 aromatic heterocycles. The summed E-state index contributed by atoms with van der Waals surface area (Å²) in [4.78, 5) is 2.59. The predicted molar refractivity (Wildman–Crippen MR) is 193 cm³/mol. The maximum absolute atomic E-state index is 3.50. The van der Waals surface area contributed by atoms with Gasteiger partial charge in [-0.1, -0.05) is 140 Å². The fourth-order valence-electron chi connectivity index (χ4n) is 5.48. The minimum Gasteiger partial charge on any atom is -0.316 e. The van der Waals surface area contributed by atoms with Gasteiger partial charge in [0.2, 0.25) is 0 Å². The molecule has 5 heteroatoms. The van der Waals surface area contributed by atoms with Crippen molar-refractivity contribution in [3.05, 3.63) is 140 Å². The van der Waals surface area contributed by atoms with Crippen LogP contribution in [0.15, 0.2) is 118 Å². The molecule has 0 bridgehead atoms. The van der Waals surface area contributed by atoms with E-state index in [4.69, 9.17) is 0 Å². The zero-order valence-corrected chi connectivity index (χ0v) is 28.5. The van der Waals surface area contributed by atoms with E-state index in [1.807, 2.05) is 12.1 Å². The van der Waals surface area contributed by atoms with Crippen LogP contribution in [0, 0.1) is 0 Å². The van der Waals surface area contributed by atoms with E-state index in [1.54, 1.807) is 0 Å². The molecule has 2 nitrogen and oxygen atoms in total. The molecule has 0 aliphatic carbocycles. The Balaban J connectivity index is 0.000000188. The first-order valence-electron chi connectivity index (χ1n) is 14.7. The number of hydrogen-bond donors (Lipinski definition) is 1. The van der Waals surface area contributed by atoms with E-state index >= 15 is 0 Å². The first kappa shape index (κ1) is 34.7. The Hall–Kier alpha value is -1.76. The third-order valence-corrected chi connectivity index (χ3v) is 9.44. The van der Waals surface area contributed by atoms with Crippen molar-refractivity contribution < 1.29 is 0 Å². The summed E-state index contributed by atoms with van der Waals surface area (Å²) in [5.41, 5.74) is 5.69. The highest BCUT2D eigenvalue weighted by molar-refractivity contribution is 9.10. The molecule has 2 atom stereocenters. The molecule has 6 rings (SSSR count). The van der Waals surface area contributed by atoms with Crippen molar-refractivity contribution in [1.82, 2.24) is 10.2 Å². The fraction of sp³-hybridized carbons (Fsp3) is 0.351. The van der Waals surface area contributed by atoms with Gasteiger partial charge in [-0.3, -0.25) is 4.90 Å². The molecule has 1 N–H and O–H groups in total. The standard InChI is InChI=1S/C18H20BrN.C11H15N.C7H6Br2.CH4/c19-18-10-8-15(9-11-18)13-20-12-4-7-17(14-20)16-5-2-1-3-6-16;1-2-5-10(6-3-1)11-7-4-8-12-9-11;8-5-6-1-3-7(9)4-2-6;/h1-3,5-6,8-11,17H,4,7,12-14H2;1-3,5-6,11-12H,4,7-9H2;1-4H,5H2;1H4. The number of alkyl halides is 1. The number of benzene rings is 4. The van der Waals surface area contributed by atoms with Crippen LogP contribution >= 0.6 is 47.8 Å². The van der Waals surface area contributed by atoms with Gasteiger partial charge in [0, 0.05) is 33.9 Å². The predicted octanol–water partition coefficient (Wildman–Crippen LogP) is 11.0. The van der Waals surface area contributed by atoms with Crippen LogP contribution in [0.4, 0.5) is 0 Å². The topological polar surface area (TPSA) is 15.3 Å². The Morgan fingerprint density at radius 3 is 1.69 bits per heavy atom. The molecule has 0 saturated carbocycles. The van der Waals surface area contributed by atoms with Gasteiger partial charge in [0.1, 0.15) is 0 Å². The monoisotopic (exact) mass is 754 g/mol. The first-order chi connectivity index (χ1) is 20.1. The number of likely N-dealkylation sites (tertiary alicyclic amines) is 1. The Labute approximate surface area is 279 Å². The van der Waals surface area contributed by atoms with Gasteiger partial charge in [-0.05, 0) is 97.1 Å². The second kappa shape index (κ2) is 19.5. The third kappa shape index (κ3) is 12.1. The molecular formula is C37H45Br3N2. The van der Waals surface area contributed by atoms with Crippen LogP contribution in [0.3, 0.4) is 0 Å². The molecular weight excluding hydrogens is 712 g/mol. The lowest BCUT2D eigenvalue weighted by atomic mass is 9.90. The van der Waals surface area contributed by atoms with Gasteiger partial charge in [0.15, 0.2) is 0 Å². The van der Waals surface area contributed by atoms with Gasteiger partial charge < -0.3 is 5.32 Å². The van der Waals surface area contributed by atoms with Crippen LogP contribution in [0.5, 0.6) is 0 Å². The van der Waals surface area contributed by atoms with Gasteiger partial charge in [0.05, 0.1) is 0 Å². The molecule has 2 aliphatic heterocycles. The molecule has 2 saturated heterocycles. The summed E-state index contributed by atoms with van der Waals surface area (Å²) in [5, 5.41) is 4.36. The highest BCUT2D eigenvalue weighted by Crippen LogP contribution is 2.28. The number of halogens is 3. The van der Waals surface area contributed by atoms with Crippen LogP contribution in [0.1, 0.15) is 67.2 Å². The van der Waals surface area contributed by atoms with Crippen molar-refractivity contribution in [2.45, 2.75) is 56.8 Å². The zero-order valence-electron chi connectivity index (χ0n) is 23.7. The molecule has 0 amide bonds. The van der Waals surface area contributed by atoms with Gasteiger partial charge in [-0.2, -0.15) is 0 Å². The SMILES string of the molecule is BrCc1ccc(Br)cc1.Brc1ccc(CN2CCCC(c3ccccc3)C2)cc1.C.c1ccc(C2CCCNC2)cc1. The Morgan fingerprint density at radius 1 is 0.643 bits per heavy atom. The van der Waals surface area contributed by atoms with Crippen LogP contribution in [-0.4, -0.2) is 31.1 Å². The second-order valence-corrected chi connectivity index (χ2v) is 13.2. The van der Waals surface area contributed by atoms with E-state index in [9.17, 15) is 0 Å². The van der Waals surface area contributed by atoms with Crippen molar-refractivity contribution in [2.75, 3.05) is 26.2 Å². The Kier molecular flexibility index (Phi) is 16.1. The van der Waals surface area contributed by atoms with E-state index in [2.05, 4.69) is 155 Å². The second-order valence-electron chi connectivity index (χ2n) is 10.8. The quantitative estimate of drug-likeness (QED) is 0.204. The Bertz CT molecular complexity index is 1240. The maximum Gasteiger partial charge on any atom is 0.0283 e. The molecule has 2 heterocycles. The van der Waals surface area contributed by atoms with Crippen molar-refractivity contribution in [1.29, 1.82) is 0 Å². The number of piperidine rings is 2. The summed E-state index contributed by atoms with van der Waals surface area (Å²) < 4.78 is 2.29. The minimum absolute atomic E-state index is 0. The molecule has 2 unspecified atom stereocenters. The van der Waals surface area contributed by atoms with Crippen molar-refractivity contribution in [2.24, 2.45) is 0 Å². The number of nitrogens with one attached hydrogen (secondary N) is 1. The number of rotatable bonds is 5. The van der Waals surface area contributed by atoms with Gasteiger partial charge in [0.25, 0.3) is 0 Å². The van der Waals surface area contributed by atoms with Crippen LogP contribution in [0.25, 0.3) is 0 Å². The normalized spacial score (nSPS) is 18.4. The molecule has 0 radical (unpaired) electrons. The smallest absolute Gasteiger partial charge is 0.0283 e. The number of hydrogen-bond acceptors (Lipinski definition) is 2. The van der Waals surface area contributed by atoms with E-state index in [1.165, 1.54) is 67.6 Å². The van der Waals surface area contributed by atoms with Crippen LogP contribution in [0.2, 0.25) is 0 Å². The molecule has 0 spiro atoms. The zero-order chi connectivity index (χ0) is 28.7. The summed E-state index contributed by atoms with van der Waals surface area (Å²) in [7, 11) is 0. The van der Waals surface area contributed by atoms with E-state index in [0.717, 1.165) is 33.3 Å². The summed E-state index contributed by atoms with van der Waals surface area (Å²) in [6.45, 7) is 5.82. The Morgan fingerprint density at radius 2 is 1.17 bits per heavy atom. The molecule has 42 heavy (non-hydrogen) atoms. The summed E-state index contributed by atoms with van der Waals surface area (Å²) >= 11 is 10.2. The summed E-state index contributed by atoms with van der Waals surface area (Å²) in [6, 6.07) is 38.7. The van der Waals surface area contributed by atoms with Crippen LogP contribution in [-0.2, 0) is 11.9 Å². The molecule has 2 fully saturated rings. The molecule has 224 valence electrons. The van der Waals surface area contributed by atoms with Crippen molar-refractivity contribution in [3.63, 3.8) is 0 Å². The lowest BCUT2D eigenvalue weighted by molar-refractivity contribution is 0.200. The van der Waals surface area contributed by atoms with Gasteiger partial charge in [-0.15, -0.1) is 0 Å². The van der Waals surface area contributed by atoms with Crippen LogP contribution < -0.4 is 5.32 Å². The van der Waals surface area contributed by atoms with E-state index < -0.39 is 0 Å². The lowest BCUT2D eigenvalue weighted by Crippen LogP contribution is -2.33.